The van der Waals surface area contributed by atoms with Crippen LogP contribution in [0.25, 0.3) is 0 Å². The van der Waals surface area contributed by atoms with Gasteiger partial charge in [0.15, 0.2) is 0 Å². The van der Waals surface area contributed by atoms with E-state index in [-0.39, 0.29) is 11.6 Å². The molecule has 3 rings (SSSR count). The summed E-state index contributed by atoms with van der Waals surface area (Å²) < 4.78 is 5.45. The van der Waals surface area contributed by atoms with Crippen molar-refractivity contribution < 1.29 is 9.53 Å². The fraction of sp³-hybridized carbons (Fsp3) is 0.706. The fourth-order valence-electron chi connectivity index (χ4n) is 3.36. The Morgan fingerprint density at radius 2 is 2.17 bits per heavy atom. The van der Waals surface area contributed by atoms with E-state index in [9.17, 15) is 4.79 Å². The van der Waals surface area contributed by atoms with Gasteiger partial charge in [-0.25, -0.2) is 4.79 Å². The van der Waals surface area contributed by atoms with Crippen molar-refractivity contribution in [2.45, 2.75) is 38.8 Å². The molecular formula is C17H27N3O2S. The maximum absolute atomic E-state index is 12.6. The van der Waals surface area contributed by atoms with E-state index < -0.39 is 0 Å². The molecule has 0 aromatic carbocycles. The lowest BCUT2D eigenvalue weighted by molar-refractivity contribution is -0.0168. The first kappa shape index (κ1) is 16.7. The second-order valence-electron chi connectivity index (χ2n) is 6.65. The lowest BCUT2D eigenvalue weighted by Crippen LogP contribution is -2.58. The van der Waals surface area contributed by atoms with Gasteiger partial charge in [-0.05, 0) is 36.8 Å². The molecule has 0 saturated carbocycles. The molecule has 0 aliphatic carbocycles. The number of nitrogens with zero attached hydrogens (tertiary/aromatic N) is 2. The van der Waals surface area contributed by atoms with Gasteiger partial charge in [0.25, 0.3) is 0 Å². The maximum Gasteiger partial charge on any atom is 0.317 e. The molecule has 0 spiro atoms. The average Bonchev–Trinajstić information content (AvgIpc) is 3.07. The third kappa shape index (κ3) is 3.70. The van der Waals surface area contributed by atoms with E-state index in [0.29, 0.717) is 6.54 Å². The zero-order valence-electron chi connectivity index (χ0n) is 14.1. The third-order valence-corrected chi connectivity index (χ3v) is 6.27. The second kappa shape index (κ2) is 7.20. The molecule has 1 aromatic heterocycles. The molecule has 6 heteroatoms. The van der Waals surface area contributed by atoms with E-state index in [1.54, 1.807) is 11.3 Å². The number of nitrogens with one attached hydrogen (secondary N) is 1. The molecule has 2 aliphatic rings. The van der Waals surface area contributed by atoms with Gasteiger partial charge in [-0.3, -0.25) is 4.90 Å². The van der Waals surface area contributed by atoms with Crippen LogP contribution in [0.1, 0.15) is 30.7 Å². The van der Waals surface area contributed by atoms with E-state index in [1.807, 2.05) is 4.90 Å². The average molecular weight is 337 g/mol. The molecule has 23 heavy (non-hydrogen) atoms. The molecular weight excluding hydrogens is 310 g/mol. The number of fused-ring (bicyclic) bond motifs is 1. The predicted molar refractivity (Wildman–Crippen MR) is 92.9 cm³/mol. The minimum absolute atomic E-state index is 0.00275. The Labute approximate surface area is 142 Å². The van der Waals surface area contributed by atoms with Crippen molar-refractivity contribution in [2.24, 2.45) is 0 Å². The summed E-state index contributed by atoms with van der Waals surface area (Å²) in [6.45, 7) is 10.2. The number of amides is 2. The summed E-state index contributed by atoms with van der Waals surface area (Å²) in [5.41, 5.74) is 1.31. The topological polar surface area (TPSA) is 44.8 Å². The number of carbonyl (C=O) groups is 1. The van der Waals surface area contributed by atoms with Gasteiger partial charge in [-0.1, -0.05) is 6.92 Å². The normalized spacial score (nSPS) is 21.6. The second-order valence-corrected chi connectivity index (χ2v) is 7.65. The molecule has 2 aliphatic heterocycles. The smallest absolute Gasteiger partial charge is 0.317 e. The van der Waals surface area contributed by atoms with Gasteiger partial charge in [-0.15, -0.1) is 11.3 Å². The van der Waals surface area contributed by atoms with Crippen LogP contribution in [0.15, 0.2) is 11.4 Å². The van der Waals surface area contributed by atoms with Crippen LogP contribution in [0.4, 0.5) is 4.79 Å². The van der Waals surface area contributed by atoms with Crippen LogP contribution in [0.3, 0.4) is 0 Å². The number of hydrogen-bond donors (Lipinski definition) is 1. The molecule has 1 aromatic rings. The number of urea groups is 1. The van der Waals surface area contributed by atoms with Gasteiger partial charge in [0.1, 0.15) is 0 Å². The third-order valence-electron chi connectivity index (χ3n) is 5.25. The Morgan fingerprint density at radius 3 is 2.91 bits per heavy atom. The first-order valence-electron chi connectivity index (χ1n) is 8.53. The van der Waals surface area contributed by atoms with Crippen molar-refractivity contribution in [3.63, 3.8) is 0 Å². The molecule has 1 unspecified atom stereocenters. The molecule has 1 N–H and O–H groups in total. The predicted octanol–water partition coefficient (Wildman–Crippen LogP) is 2.32. The highest BCUT2D eigenvalue weighted by molar-refractivity contribution is 7.10. The SMILES string of the molecule is CCC(C)(CNC(=O)N1CCc2sccc2C1)N1CCOCC1. The quantitative estimate of drug-likeness (QED) is 0.917. The Balaban J connectivity index is 1.55. The highest BCUT2D eigenvalue weighted by Crippen LogP contribution is 2.24. The standard InChI is InChI=1S/C17H27N3O2S/c1-3-17(2,20-7-9-22-10-8-20)13-18-16(21)19-6-4-15-14(12-19)5-11-23-15/h5,11H,3-4,6-10,12-13H2,1-2H3,(H,18,21). The minimum Gasteiger partial charge on any atom is -0.379 e. The summed E-state index contributed by atoms with van der Waals surface area (Å²) in [7, 11) is 0. The van der Waals surface area contributed by atoms with Gasteiger partial charge in [0, 0.05) is 43.1 Å². The van der Waals surface area contributed by atoms with Crippen molar-refractivity contribution >= 4 is 17.4 Å². The van der Waals surface area contributed by atoms with Gasteiger partial charge in [0.2, 0.25) is 0 Å². The van der Waals surface area contributed by atoms with Crippen molar-refractivity contribution in [3.05, 3.63) is 21.9 Å². The Bertz CT molecular complexity index is 542. The summed E-state index contributed by atoms with van der Waals surface area (Å²) in [6.07, 6.45) is 2.00. The summed E-state index contributed by atoms with van der Waals surface area (Å²) in [6, 6.07) is 2.21. The van der Waals surface area contributed by atoms with Crippen molar-refractivity contribution in [1.29, 1.82) is 0 Å². The molecule has 2 amide bonds. The molecule has 5 nitrogen and oxygen atoms in total. The molecule has 3 heterocycles. The maximum atomic E-state index is 12.6. The van der Waals surface area contributed by atoms with Crippen LogP contribution < -0.4 is 5.32 Å². The number of hydrogen-bond acceptors (Lipinski definition) is 4. The van der Waals surface area contributed by atoms with Crippen molar-refractivity contribution in [3.8, 4) is 0 Å². The highest BCUT2D eigenvalue weighted by Gasteiger charge is 2.32. The monoisotopic (exact) mass is 337 g/mol. The number of morpholine rings is 1. The van der Waals surface area contributed by atoms with Crippen LogP contribution >= 0.6 is 11.3 Å². The number of thiophene rings is 1. The van der Waals surface area contributed by atoms with Gasteiger partial charge in [0.05, 0.1) is 13.2 Å². The minimum atomic E-state index is 0.00275. The number of carbonyl (C=O) groups excluding carboxylic acids is 1. The van der Waals surface area contributed by atoms with Gasteiger partial charge >= 0.3 is 6.03 Å². The lowest BCUT2D eigenvalue weighted by Gasteiger charge is -2.43. The number of rotatable bonds is 4. The Hall–Kier alpha value is -1.11. The van der Waals surface area contributed by atoms with Crippen LogP contribution in [0.2, 0.25) is 0 Å². The van der Waals surface area contributed by atoms with E-state index in [0.717, 1.165) is 52.2 Å². The highest BCUT2D eigenvalue weighted by atomic mass is 32.1. The van der Waals surface area contributed by atoms with Crippen LogP contribution in [-0.4, -0.2) is 60.8 Å². The van der Waals surface area contributed by atoms with Crippen LogP contribution in [0, 0.1) is 0 Å². The van der Waals surface area contributed by atoms with Gasteiger partial charge in [-0.2, -0.15) is 0 Å². The van der Waals surface area contributed by atoms with Crippen LogP contribution in [0.5, 0.6) is 0 Å². The first-order chi connectivity index (χ1) is 11.1. The molecule has 1 atom stereocenters. The fourth-order valence-corrected chi connectivity index (χ4v) is 4.25. The lowest BCUT2D eigenvalue weighted by atomic mass is 9.95. The van der Waals surface area contributed by atoms with E-state index >= 15 is 0 Å². The molecule has 128 valence electrons. The van der Waals surface area contributed by atoms with Crippen LogP contribution in [-0.2, 0) is 17.7 Å². The summed E-state index contributed by atoms with van der Waals surface area (Å²) >= 11 is 1.80. The van der Waals surface area contributed by atoms with Crippen molar-refractivity contribution in [2.75, 3.05) is 39.4 Å². The largest absolute Gasteiger partial charge is 0.379 e. The van der Waals surface area contributed by atoms with E-state index in [2.05, 4.69) is 35.5 Å². The van der Waals surface area contributed by atoms with Crippen molar-refractivity contribution in [1.82, 2.24) is 15.1 Å². The summed E-state index contributed by atoms with van der Waals surface area (Å²) in [5.74, 6) is 0. The Kier molecular flexibility index (Phi) is 5.24. The van der Waals surface area contributed by atoms with E-state index in [4.69, 9.17) is 4.74 Å². The molecule has 1 saturated heterocycles. The zero-order chi connectivity index (χ0) is 16.3. The summed E-state index contributed by atoms with van der Waals surface area (Å²) in [5, 5.41) is 5.30. The first-order valence-corrected chi connectivity index (χ1v) is 9.41. The summed E-state index contributed by atoms with van der Waals surface area (Å²) in [4.78, 5) is 18.4. The molecule has 0 radical (unpaired) electrons. The van der Waals surface area contributed by atoms with E-state index in [1.165, 1.54) is 10.4 Å². The van der Waals surface area contributed by atoms with Gasteiger partial charge < -0.3 is 15.0 Å². The number of ether oxygens (including phenoxy) is 1. The zero-order valence-corrected chi connectivity index (χ0v) is 15.0. The molecule has 0 bridgehead atoms. The Morgan fingerprint density at radius 1 is 1.39 bits per heavy atom. The molecule has 1 fully saturated rings.